The first kappa shape index (κ1) is 15.2. The smallest absolute Gasteiger partial charge is 0.333 e. The van der Waals surface area contributed by atoms with Crippen molar-refractivity contribution in [3.63, 3.8) is 0 Å². The fourth-order valence-electron chi connectivity index (χ4n) is 2.37. The van der Waals surface area contributed by atoms with E-state index in [1.165, 1.54) is 10.6 Å². The van der Waals surface area contributed by atoms with E-state index in [1.54, 1.807) is 42.6 Å². The molecule has 0 amide bonds. The second-order valence-electron chi connectivity index (χ2n) is 4.94. The predicted molar refractivity (Wildman–Crippen MR) is 89.6 cm³/mol. The molecule has 0 aliphatic heterocycles. The molecule has 2 heterocycles. The predicted octanol–water partition coefficient (Wildman–Crippen LogP) is 2.73. The van der Waals surface area contributed by atoms with E-state index in [9.17, 15) is 9.59 Å². The number of para-hydroxylation sites is 1. The average Bonchev–Trinajstić information content (AvgIpc) is 2.60. The van der Waals surface area contributed by atoms with E-state index in [0.717, 1.165) is 6.08 Å². The third kappa shape index (κ3) is 2.66. The Kier molecular flexibility index (Phi) is 3.91. The third-order valence-corrected chi connectivity index (χ3v) is 3.44. The number of fused-ring (bicyclic) bond motifs is 1. The number of benzene rings is 1. The van der Waals surface area contributed by atoms with Crippen LogP contribution in [0.1, 0.15) is 5.56 Å². The monoisotopic (exact) mass is 317 g/mol. The summed E-state index contributed by atoms with van der Waals surface area (Å²) < 4.78 is 1.41. The zero-order valence-electron chi connectivity index (χ0n) is 12.4. The van der Waals surface area contributed by atoms with E-state index in [0.29, 0.717) is 16.7 Å². The van der Waals surface area contributed by atoms with Crippen molar-refractivity contribution in [3.05, 3.63) is 87.8 Å². The molecule has 116 valence electrons. The highest BCUT2D eigenvalue weighted by Gasteiger charge is 2.13. The maximum Gasteiger partial charge on any atom is 0.333 e. The maximum absolute atomic E-state index is 12.8. The third-order valence-electron chi connectivity index (χ3n) is 3.44. The molecule has 3 rings (SSSR count). The van der Waals surface area contributed by atoms with Gasteiger partial charge in [0, 0.05) is 17.1 Å². The van der Waals surface area contributed by atoms with Gasteiger partial charge in [-0.1, -0.05) is 18.2 Å². The molecule has 0 bridgehead atoms. The molecule has 2 aromatic heterocycles. The lowest BCUT2D eigenvalue weighted by Gasteiger charge is -2.11. The molecule has 3 aromatic rings. The Morgan fingerprint density at radius 3 is 2.62 bits per heavy atom. The van der Waals surface area contributed by atoms with E-state index in [1.807, 2.05) is 6.07 Å². The normalized spacial score (nSPS) is 11.2. The van der Waals surface area contributed by atoms with Crippen LogP contribution in [0.2, 0.25) is 0 Å². The Bertz CT molecular complexity index is 1060. The lowest BCUT2D eigenvalue weighted by Crippen LogP contribution is -2.22. The number of carbonyl (C=O) groups is 1. The number of aromatic nitrogens is 2. The summed E-state index contributed by atoms with van der Waals surface area (Å²) in [6.45, 7) is 6.95. The molecule has 24 heavy (non-hydrogen) atoms. The highest BCUT2D eigenvalue weighted by molar-refractivity contribution is 5.94. The van der Waals surface area contributed by atoms with Crippen molar-refractivity contribution >= 4 is 23.1 Å². The lowest BCUT2D eigenvalue weighted by molar-refractivity contribution is -0.132. The minimum Gasteiger partial charge on any atom is -0.486 e. The van der Waals surface area contributed by atoms with Crippen LogP contribution < -0.4 is 5.56 Å². The summed E-state index contributed by atoms with van der Waals surface area (Å²) in [5, 5.41) is 9.69. The first-order valence-electron chi connectivity index (χ1n) is 7.00. The average molecular weight is 317 g/mol. The SMILES string of the molecule is [C-]#[N+]/C(=C\c1cc2cccnc2n(-c2ccccc2)c1=O)C(=O)O. The molecule has 0 atom stereocenters. The van der Waals surface area contributed by atoms with Crippen molar-refractivity contribution in [1.82, 2.24) is 9.55 Å². The van der Waals surface area contributed by atoms with Crippen LogP contribution in [0, 0.1) is 6.57 Å². The molecule has 0 radical (unpaired) electrons. The molecule has 0 aliphatic carbocycles. The summed E-state index contributed by atoms with van der Waals surface area (Å²) in [5.41, 5.74) is 0.240. The van der Waals surface area contributed by atoms with Gasteiger partial charge >= 0.3 is 5.97 Å². The first-order chi connectivity index (χ1) is 11.6. The number of carboxylic acid groups (broad SMARTS) is 1. The van der Waals surface area contributed by atoms with Gasteiger partial charge in [0.1, 0.15) is 5.65 Å². The van der Waals surface area contributed by atoms with Crippen LogP contribution in [-0.4, -0.2) is 20.6 Å². The Morgan fingerprint density at radius 2 is 1.96 bits per heavy atom. The van der Waals surface area contributed by atoms with Gasteiger partial charge in [-0.2, -0.15) is 0 Å². The van der Waals surface area contributed by atoms with Crippen molar-refractivity contribution in [2.75, 3.05) is 0 Å². The topological polar surface area (TPSA) is 76.5 Å². The van der Waals surface area contributed by atoms with Crippen molar-refractivity contribution in [1.29, 1.82) is 0 Å². The minimum atomic E-state index is -1.37. The summed E-state index contributed by atoms with van der Waals surface area (Å²) in [4.78, 5) is 31.1. The fourth-order valence-corrected chi connectivity index (χ4v) is 2.37. The first-order valence-corrected chi connectivity index (χ1v) is 7.00. The summed E-state index contributed by atoms with van der Waals surface area (Å²) in [6.07, 6.45) is 2.67. The van der Waals surface area contributed by atoms with Crippen LogP contribution in [-0.2, 0) is 4.79 Å². The second-order valence-corrected chi connectivity index (χ2v) is 4.94. The van der Waals surface area contributed by atoms with E-state index < -0.39 is 17.2 Å². The second kappa shape index (κ2) is 6.18. The van der Waals surface area contributed by atoms with E-state index in [4.69, 9.17) is 11.7 Å². The highest BCUT2D eigenvalue weighted by Crippen LogP contribution is 2.17. The summed E-state index contributed by atoms with van der Waals surface area (Å²) in [5.74, 6) is -1.37. The maximum atomic E-state index is 12.8. The van der Waals surface area contributed by atoms with Gasteiger partial charge in [-0.3, -0.25) is 14.2 Å². The summed E-state index contributed by atoms with van der Waals surface area (Å²) >= 11 is 0. The van der Waals surface area contributed by atoms with Gasteiger partial charge in [0.2, 0.25) is 0 Å². The largest absolute Gasteiger partial charge is 0.486 e. The molecule has 0 aliphatic rings. The molecule has 0 unspecified atom stereocenters. The number of rotatable bonds is 3. The van der Waals surface area contributed by atoms with Gasteiger partial charge in [0.15, 0.2) is 0 Å². The van der Waals surface area contributed by atoms with E-state index in [2.05, 4.69) is 9.83 Å². The van der Waals surface area contributed by atoms with Gasteiger partial charge in [0.05, 0.1) is 12.3 Å². The van der Waals surface area contributed by atoms with Crippen LogP contribution in [0.5, 0.6) is 0 Å². The van der Waals surface area contributed by atoms with Crippen LogP contribution >= 0.6 is 0 Å². The van der Waals surface area contributed by atoms with Crippen molar-refractivity contribution in [2.24, 2.45) is 0 Å². The molecule has 1 N–H and O–H groups in total. The molecule has 0 saturated heterocycles. The molecule has 0 spiro atoms. The van der Waals surface area contributed by atoms with Gasteiger partial charge in [-0.25, -0.2) is 9.83 Å². The standard InChI is InChI=1S/C18H11N3O3/c1-19-15(18(23)24)11-13-10-12-6-5-9-20-16(12)21(17(13)22)14-7-3-2-4-8-14/h2-11H,(H,23,24)/b15-11-. The summed E-state index contributed by atoms with van der Waals surface area (Å²) in [7, 11) is 0. The lowest BCUT2D eigenvalue weighted by atomic mass is 10.1. The highest BCUT2D eigenvalue weighted by atomic mass is 16.4. The zero-order chi connectivity index (χ0) is 17.1. The van der Waals surface area contributed by atoms with Gasteiger partial charge in [-0.15, -0.1) is 0 Å². The molecule has 6 nitrogen and oxygen atoms in total. The number of carboxylic acids is 1. The van der Waals surface area contributed by atoms with Crippen molar-refractivity contribution in [3.8, 4) is 5.69 Å². The van der Waals surface area contributed by atoms with E-state index >= 15 is 0 Å². The van der Waals surface area contributed by atoms with E-state index in [-0.39, 0.29) is 5.56 Å². The number of pyridine rings is 2. The number of nitrogens with zero attached hydrogens (tertiary/aromatic N) is 3. The number of hydrogen-bond donors (Lipinski definition) is 1. The zero-order valence-corrected chi connectivity index (χ0v) is 12.4. The fraction of sp³-hybridized carbons (Fsp3) is 0. The minimum absolute atomic E-state index is 0.118. The molecule has 1 aromatic carbocycles. The van der Waals surface area contributed by atoms with Crippen molar-refractivity contribution in [2.45, 2.75) is 0 Å². The van der Waals surface area contributed by atoms with Crippen molar-refractivity contribution < 1.29 is 9.90 Å². The molecule has 6 heteroatoms. The van der Waals surface area contributed by atoms with Gasteiger partial charge < -0.3 is 5.11 Å². The number of aliphatic carboxylic acids is 1. The Hall–Kier alpha value is -3.72. The van der Waals surface area contributed by atoms with Crippen LogP contribution in [0.25, 0.3) is 27.6 Å². The van der Waals surface area contributed by atoms with Gasteiger partial charge in [-0.05, 0) is 36.4 Å². The van der Waals surface area contributed by atoms with Crippen LogP contribution in [0.4, 0.5) is 0 Å². The molecular weight excluding hydrogens is 306 g/mol. The Balaban J connectivity index is 2.39. The van der Waals surface area contributed by atoms with Gasteiger partial charge in [0.25, 0.3) is 11.3 Å². The molecular formula is C18H11N3O3. The summed E-state index contributed by atoms with van der Waals surface area (Å²) in [6, 6.07) is 14.0. The molecule has 0 fully saturated rings. The Morgan fingerprint density at radius 1 is 1.21 bits per heavy atom. The van der Waals surface area contributed by atoms with Crippen LogP contribution in [0.15, 0.2) is 65.2 Å². The van der Waals surface area contributed by atoms with Crippen LogP contribution in [0.3, 0.4) is 0 Å². The number of hydrogen-bond acceptors (Lipinski definition) is 3. The molecule has 0 saturated carbocycles. The quantitative estimate of drug-likeness (QED) is 0.595. The Labute approximate surface area is 136 Å².